The number of pyridine rings is 2. The van der Waals surface area contributed by atoms with Gasteiger partial charge in [-0.05, 0) is 48.9 Å². The van der Waals surface area contributed by atoms with E-state index in [1.54, 1.807) is 36.1 Å². The van der Waals surface area contributed by atoms with Crippen LogP contribution < -0.4 is 16.0 Å². The van der Waals surface area contributed by atoms with Gasteiger partial charge in [-0.15, -0.1) is 0 Å². The lowest BCUT2D eigenvalue weighted by Gasteiger charge is -2.12. The maximum Gasteiger partial charge on any atom is 0.335 e. The van der Waals surface area contributed by atoms with E-state index in [4.69, 9.17) is 4.74 Å². The van der Waals surface area contributed by atoms with Crippen molar-refractivity contribution >= 4 is 11.3 Å². The summed E-state index contributed by atoms with van der Waals surface area (Å²) in [7, 11) is 1.89. The van der Waals surface area contributed by atoms with Crippen LogP contribution in [0.3, 0.4) is 0 Å². The molecule has 0 aliphatic carbocycles. The van der Waals surface area contributed by atoms with Gasteiger partial charge in [-0.2, -0.15) is 5.10 Å². The molecule has 42 heavy (non-hydrogen) atoms. The van der Waals surface area contributed by atoms with Gasteiger partial charge in [0.1, 0.15) is 16.9 Å². The summed E-state index contributed by atoms with van der Waals surface area (Å²) >= 11 is 0. The van der Waals surface area contributed by atoms with Crippen molar-refractivity contribution < 1.29 is 13.9 Å². The fraction of sp³-hybridized carbons (Fsp3) is 0.133. The number of rotatable bonds is 8. The van der Waals surface area contributed by atoms with Crippen LogP contribution in [-0.4, -0.2) is 39.1 Å². The van der Waals surface area contributed by atoms with Gasteiger partial charge in [0.05, 0.1) is 23.9 Å². The number of carbonyl (C=O) groups is 1. The molecule has 0 saturated carbocycles. The average molecular weight is 566 g/mol. The van der Waals surface area contributed by atoms with E-state index < -0.39 is 22.8 Å². The molecular formula is C30H24FN7O4. The largest absolute Gasteiger partial charge is 0.437 e. The number of hydrogen-bond acceptors (Lipinski definition) is 7. The van der Waals surface area contributed by atoms with E-state index in [0.717, 1.165) is 33.5 Å². The fourth-order valence-electron chi connectivity index (χ4n) is 4.59. The molecule has 1 aromatic carbocycles. The minimum absolute atomic E-state index is 0.129. The second-order valence-corrected chi connectivity index (χ2v) is 9.61. The van der Waals surface area contributed by atoms with Crippen molar-refractivity contribution in [2.24, 2.45) is 7.05 Å². The number of nitrogens with zero attached hydrogens (tertiary/aromatic N) is 7. The molecule has 210 valence electrons. The summed E-state index contributed by atoms with van der Waals surface area (Å²) in [6, 6.07) is 11.9. The van der Waals surface area contributed by atoms with Gasteiger partial charge in [0.25, 0.3) is 5.56 Å². The molecule has 0 atom stereocenters. The second kappa shape index (κ2) is 10.7. The molecule has 6 aromatic rings. The molecule has 0 N–H and O–H groups in total. The van der Waals surface area contributed by atoms with Crippen molar-refractivity contribution in [2.45, 2.75) is 19.9 Å². The standard InChI is InChI=1S/C30H24FN7O4/c1-3-36-16-23(29(40)38(30(36)41)22-7-5-21(31)6-8-22)26(39)12-19-4-9-28(32-14-19)42-27-13-20(24-17-35(2)18-33-24)15-37-25(27)10-11-34-37/h4-11,13-18H,3,12H2,1-2H3. The average Bonchev–Trinajstić information content (AvgIpc) is 3.64. The molecule has 0 spiro atoms. The van der Waals surface area contributed by atoms with E-state index in [9.17, 15) is 18.8 Å². The van der Waals surface area contributed by atoms with Gasteiger partial charge in [-0.3, -0.25) is 14.2 Å². The molecule has 0 bridgehead atoms. The highest BCUT2D eigenvalue weighted by Gasteiger charge is 2.19. The van der Waals surface area contributed by atoms with Crippen LogP contribution in [0.15, 0.2) is 95.4 Å². The Hall–Kier alpha value is -5.65. The number of ether oxygens (including phenoxy) is 1. The molecule has 0 unspecified atom stereocenters. The molecular weight excluding hydrogens is 541 g/mol. The minimum atomic E-state index is -0.771. The number of halogens is 1. The molecule has 0 aliphatic heterocycles. The molecule has 0 aliphatic rings. The molecule has 0 fully saturated rings. The first-order chi connectivity index (χ1) is 20.3. The highest BCUT2D eigenvalue weighted by molar-refractivity contribution is 5.97. The number of benzene rings is 1. The zero-order valence-electron chi connectivity index (χ0n) is 22.6. The highest BCUT2D eigenvalue weighted by atomic mass is 19.1. The first-order valence-electron chi connectivity index (χ1n) is 13.0. The first kappa shape index (κ1) is 26.6. The van der Waals surface area contributed by atoms with Crippen LogP contribution in [0, 0.1) is 5.82 Å². The third kappa shape index (κ3) is 5.01. The maximum atomic E-state index is 13.4. The predicted molar refractivity (Wildman–Crippen MR) is 152 cm³/mol. The summed E-state index contributed by atoms with van der Waals surface area (Å²) in [4.78, 5) is 48.1. The first-order valence-corrected chi connectivity index (χ1v) is 13.0. The van der Waals surface area contributed by atoms with Gasteiger partial charge in [-0.1, -0.05) is 6.07 Å². The quantitative estimate of drug-likeness (QED) is 0.258. The van der Waals surface area contributed by atoms with Crippen molar-refractivity contribution in [3.63, 3.8) is 0 Å². The number of fused-ring (bicyclic) bond motifs is 1. The van der Waals surface area contributed by atoms with Gasteiger partial charge >= 0.3 is 5.69 Å². The summed E-state index contributed by atoms with van der Waals surface area (Å²) in [6.07, 6.45) is 9.76. The molecule has 0 amide bonds. The van der Waals surface area contributed by atoms with E-state index in [1.807, 2.05) is 36.1 Å². The van der Waals surface area contributed by atoms with E-state index in [-0.39, 0.29) is 24.2 Å². The molecule has 5 aromatic heterocycles. The van der Waals surface area contributed by atoms with E-state index >= 15 is 0 Å². The van der Waals surface area contributed by atoms with Crippen LogP contribution in [0.4, 0.5) is 4.39 Å². The van der Waals surface area contributed by atoms with E-state index in [0.29, 0.717) is 17.2 Å². The molecule has 0 saturated heterocycles. The van der Waals surface area contributed by atoms with Gasteiger partial charge in [0.2, 0.25) is 5.88 Å². The monoisotopic (exact) mass is 565 g/mol. The van der Waals surface area contributed by atoms with Crippen LogP contribution in [0.25, 0.3) is 22.5 Å². The number of carbonyl (C=O) groups excluding carboxylic acids is 1. The summed E-state index contributed by atoms with van der Waals surface area (Å²) in [5.41, 5.74) is 1.48. The van der Waals surface area contributed by atoms with Crippen molar-refractivity contribution in [3.05, 3.63) is 124 Å². The lowest BCUT2D eigenvalue weighted by molar-refractivity contribution is 0.0990. The Morgan fingerprint density at radius 1 is 1.00 bits per heavy atom. The molecule has 6 rings (SSSR count). The molecule has 5 heterocycles. The third-order valence-electron chi connectivity index (χ3n) is 6.73. The topological polar surface area (TPSA) is 118 Å². The Bertz CT molecular complexity index is 2060. The predicted octanol–water partition coefficient (Wildman–Crippen LogP) is 3.82. The van der Waals surface area contributed by atoms with Crippen molar-refractivity contribution in [3.8, 4) is 28.6 Å². The second-order valence-electron chi connectivity index (χ2n) is 9.61. The zero-order valence-corrected chi connectivity index (χ0v) is 22.6. The summed E-state index contributed by atoms with van der Waals surface area (Å²) in [5, 5.41) is 4.32. The van der Waals surface area contributed by atoms with Gasteiger partial charge in [0.15, 0.2) is 11.5 Å². The number of aryl methyl sites for hydroxylation is 2. The number of hydrogen-bond donors (Lipinski definition) is 0. The third-order valence-corrected chi connectivity index (χ3v) is 6.73. The van der Waals surface area contributed by atoms with Crippen LogP contribution >= 0.6 is 0 Å². The Balaban J connectivity index is 1.26. The molecule has 11 nitrogen and oxygen atoms in total. The fourth-order valence-corrected chi connectivity index (χ4v) is 4.59. The Kier molecular flexibility index (Phi) is 6.79. The van der Waals surface area contributed by atoms with Gasteiger partial charge in [-0.25, -0.2) is 28.2 Å². The van der Waals surface area contributed by atoms with Crippen molar-refractivity contribution in [1.29, 1.82) is 0 Å². The lowest BCUT2D eigenvalue weighted by atomic mass is 10.1. The Morgan fingerprint density at radius 2 is 1.81 bits per heavy atom. The minimum Gasteiger partial charge on any atom is -0.437 e. The Labute approximate surface area is 237 Å². The number of ketones is 1. The van der Waals surface area contributed by atoms with E-state index in [2.05, 4.69) is 15.1 Å². The smallest absolute Gasteiger partial charge is 0.335 e. The normalized spacial score (nSPS) is 11.2. The summed E-state index contributed by atoms with van der Waals surface area (Å²) in [6.45, 7) is 1.96. The highest BCUT2D eigenvalue weighted by Crippen LogP contribution is 2.30. The van der Waals surface area contributed by atoms with Crippen LogP contribution in [0.2, 0.25) is 0 Å². The number of imidazole rings is 1. The summed E-state index contributed by atoms with van der Waals surface area (Å²) < 4.78 is 25.2. The molecule has 12 heteroatoms. The van der Waals surface area contributed by atoms with Crippen LogP contribution in [0.1, 0.15) is 22.8 Å². The van der Waals surface area contributed by atoms with Crippen LogP contribution in [-0.2, 0) is 20.0 Å². The van der Waals surface area contributed by atoms with Crippen molar-refractivity contribution in [2.75, 3.05) is 0 Å². The Morgan fingerprint density at radius 3 is 2.50 bits per heavy atom. The number of aromatic nitrogens is 7. The van der Waals surface area contributed by atoms with Crippen LogP contribution in [0.5, 0.6) is 11.6 Å². The lowest BCUT2D eigenvalue weighted by Crippen LogP contribution is -2.41. The maximum absolute atomic E-state index is 13.4. The summed E-state index contributed by atoms with van der Waals surface area (Å²) in [5.74, 6) is -0.177. The van der Waals surface area contributed by atoms with E-state index in [1.165, 1.54) is 29.1 Å². The van der Waals surface area contributed by atoms with Gasteiger partial charge in [0, 0.05) is 56.4 Å². The number of Topliss-reactive ketones (excluding diaryl/α,β-unsaturated/α-hetero) is 1. The SMILES string of the molecule is CCn1cc(C(=O)Cc2ccc(Oc3cc(-c4cn(C)cn4)cn4nccc34)nc2)c(=O)n(-c2ccc(F)cc2)c1=O. The van der Waals surface area contributed by atoms with Gasteiger partial charge < -0.3 is 9.30 Å². The zero-order chi connectivity index (χ0) is 29.4. The molecule has 0 radical (unpaired) electrons. The van der Waals surface area contributed by atoms with Crippen molar-refractivity contribution in [1.82, 2.24) is 33.3 Å².